The number of hydrogen-bond acceptors (Lipinski definition) is 7. The molecule has 5 N–H and O–H groups in total. The largest absolute Gasteiger partial charge is 0.486 e. The topological polar surface area (TPSA) is 136 Å². The number of aliphatic hydroxyl groups is 3. The maximum atomic E-state index is 12.7. The lowest BCUT2D eigenvalue weighted by Crippen LogP contribution is -2.28. The number of nitrogens with one attached hydrogen (secondary N) is 1. The normalized spacial score (nSPS) is 28.6. The van der Waals surface area contributed by atoms with Gasteiger partial charge in [0, 0.05) is 24.8 Å². The van der Waals surface area contributed by atoms with Gasteiger partial charge in [0.2, 0.25) is 5.78 Å². The van der Waals surface area contributed by atoms with Crippen molar-refractivity contribution in [3.63, 3.8) is 0 Å². The fourth-order valence-corrected chi connectivity index (χ4v) is 5.56. The highest BCUT2D eigenvalue weighted by atomic mass is 16.5. The highest BCUT2D eigenvalue weighted by Crippen LogP contribution is 2.43. The van der Waals surface area contributed by atoms with Crippen molar-refractivity contribution >= 4 is 11.8 Å². The summed E-state index contributed by atoms with van der Waals surface area (Å²) in [6.45, 7) is 1.96. The number of carboxylic acid groups (broad SMARTS) is 1. The number of rotatable bonds is 10. The second-order valence-electron chi connectivity index (χ2n) is 10.6. The molecule has 0 bridgehead atoms. The molecule has 210 valence electrons. The zero-order chi connectivity index (χ0) is 27.7. The van der Waals surface area contributed by atoms with Gasteiger partial charge in [0.1, 0.15) is 6.10 Å². The SMILES string of the molecule is CNC(C)C(O)c1ccccc1.O=C(O)CCCC=C1OC2CC(O)C(C=CC(O)C3CCCC3)C2C1=O. The van der Waals surface area contributed by atoms with Gasteiger partial charge in [-0.2, -0.15) is 0 Å². The number of fused-ring (bicyclic) bond motifs is 1. The van der Waals surface area contributed by atoms with Gasteiger partial charge in [-0.1, -0.05) is 55.3 Å². The number of benzene rings is 1. The Balaban J connectivity index is 0.000000279. The van der Waals surface area contributed by atoms with E-state index in [0.29, 0.717) is 25.0 Å². The molecule has 0 radical (unpaired) electrons. The first kappa shape index (κ1) is 30.0. The molecule has 1 heterocycles. The van der Waals surface area contributed by atoms with E-state index in [1.165, 1.54) is 0 Å². The number of aliphatic carboxylic acids is 1. The van der Waals surface area contributed by atoms with Crippen molar-refractivity contribution in [1.29, 1.82) is 0 Å². The Morgan fingerprint density at radius 1 is 1.18 bits per heavy atom. The van der Waals surface area contributed by atoms with Crippen molar-refractivity contribution in [1.82, 2.24) is 5.32 Å². The molecule has 4 rings (SSSR count). The molecule has 0 aromatic heterocycles. The van der Waals surface area contributed by atoms with E-state index in [2.05, 4.69) is 5.32 Å². The summed E-state index contributed by atoms with van der Waals surface area (Å²) in [5, 5.41) is 42.0. The summed E-state index contributed by atoms with van der Waals surface area (Å²) < 4.78 is 5.72. The minimum Gasteiger partial charge on any atom is -0.486 e. The summed E-state index contributed by atoms with van der Waals surface area (Å²) in [6.07, 6.45) is 9.05. The monoisotopic (exact) mass is 529 g/mol. The number of carbonyl (C=O) groups excluding carboxylic acids is 1. The molecule has 2 saturated carbocycles. The number of likely N-dealkylation sites (N-methyl/N-ethyl adjacent to an activating group) is 1. The lowest BCUT2D eigenvalue weighted by Gasteiger charge is -2.17. The van der Waals surface area contributed by atoms with E-state index < -0.39 is 30.2 Å². The van der Waals surface area contributed by atoms with E-state index in [4.69, 9.17) is 9.84 Å². The summed E-state index contributed by atoms with van der Waals surface area (Å²) in [4.78, 5) is 23.2. The number of hydrogen-bond donors (Lipinski definition) is 5. The molecule has 3 fully saturated rings. The highest BCUT2D eigenvalue weighted by molar-refractivity contribution is 5.98. The number of allylic oxidation sites excluding steroid dienone is 2. The van der Waals surface area contributed by atoms with Gasteiger partial charge in [0.05, 0.1) is 24.2 Å². The van der Waals surface area contributed by atoms with Crippen LogP contribution in [0.3, 0.4) is 0 Å². The molecule has 1 saturated heterocycles. The van der Waals surface area contributed by atoms with Crippen LogP contribution in [-0.2, 0) is 14.3 Å². The standard InChI is InChI=1S/C20H28O6.C10H15NO/c21-14(12-5-1-2-6-12)10-9-13-15(22)11-17-19(13)20(25)16(26-17)7-3-4-8-18(23)24;1-8(11-2)10(12)9-6-4-3-5-7-9/h7,9-10,12-15,17,19,21-22H,1-6,8,11H2,(H,23,24);3-8,10-12H,1-2H3. The molecule has 38 heavy (non-hydrogen) atoms. The van der Waals surface area contributed by atoms with Crippen molar-refractivity contribution < 1.29 is 34.8 Å². The fraction of sp³-hybridized carbons (Fsp3) is 0.600. The van der Waals surface area contributed by atoms with Crippen molar-refractivity contribution in [3.05, 3.63) is 59.9 Å². The van der Waals surface area contributed by atoms with E-state index in [0.717, 1.165) is 31.2 Å². The third-order valence-electron chi connectivity index (χ3n) is 7.97. The van der Waals surface area contributed by atoms with Crippen LogP contribution in [0, 0.1) is 17.8 Å². The third-order valence-corrected chi connectivity index (χ3v) is 7.97. The molecule has 1 aliphatic heterocycles. The van der Waals surface area contributed by atoms with Gasteiger partial charge >= 0.3 is 5.97 Å². The molecular formula is C30H43NO7. The minimum atomic E-state index is -0.854. The molecule has 8 nitrogen and oxygen atoms in total. The molecule has 3 aliphatic rings. The lowest BCUT2D eigenvalue weighted by atomic mass is 9.89. The second kappa shape index (κ2) is 14.6. The maximum Gasteiger partial charge on any atom is 0.303 e. The Bertz CT molecular complexity index is 957. The summed E-state index contributed by atoms with van der Waals surface area (Å²) in [6, 6.07) is 9.76. The first-order valence-corrected chi connectivity index (χ1v) is 13.8. The molecule has 1 aromatic carbocycles. The third kappa shape index (κ3) is 7.99. The Labute approximate surface area is 225 Å². The van der Waals surface area contributed by atoms with E-state index >= 15 is 0 Å². The molecule has 0 amide bonds. The van der Waals surface area contributed by atoms with E-state index in [1.54, 1.807) is 18.2 Å². The zero-order valence-corrected chi connectivity index (χ0v) is 22.4. The van der Waals surface area contributed by atoms with Gasteiger partial charge in [-0.15, -0.1) is 0 Å². The summed E-state index contributed by atoms with van der Waals surface area (Å²) in [5.74, 6) is -1.15. The number of aliphatic hydroxyl groups excluding tert-OH is 3. The van der Waals surface area contributed by atoms with E-state index in [1.807, 2.05) is 44.3 Å². The van der Waals surface area contributed by atoms with Gasteiger partial charge in [-0.25, -0.2) is 0 Å². The summed E-state index contributed by atoms with van der Waals surface area (Å²) in [5.41, 5.74) is 0.958. The lowest BCUT2D eigenvalue weighted by molar-refractivity contribution is -0.137. The Morgan fingerprint density at radius 2 is 1.87 bits per heavy atom. The Morgan fingerprint density at radius 3 is 2.50 bits per heavy atom. The molecule has 8 heteroatoms. The molecule has 7 unspecified atom stereocenters. The number of carbonyl (C=O) groups is 2. The first-order chi connectivity index (χ1) is 18.2. The van der Waals surface area contributed by atoms with E-state index in [-0.39, 0.29) is 36.2 Å². The molecule has 1 aromatic rings. The van der Waals surface area contributed by atoms with Gasteiger partial charge in [0.15, 0.2) is 5.76 Å². The van der Waals surface area contributed by atoms with Crippen molar-refractivity contribution in [3.8, 4) is 0 Å². The van der Waals surface area contributed by atoms with Crippen LogP contribution in [0.2, 0.25) is 0 Å². The maximum absolute atomic E-state index is 12.7. The quantitative estimate of drug-likeness (QED) is 0.176. The average Bonchev–Trinajstić information content (AvgIpc) is 3.63. The number of Topliss-reactive ketones (excluding diaryl/α,β-unsaturated/α-hetero) is 1. The highest BCUT2D eigenvalue weighted by Gasteiger charge is 2.52. The van der Waals surface area contributed by atoms with Crippen LogP contribution in [0.15, 0.2) is 54.3 Å². The smallest absolute Gasteiger partial charge is 0.303 e. The zero-order valence-electron chi connectivity index (χ0n) is 22.4. The van der Waals surface area contributed by atoms with Gasteiger partial charge in [0.25, 0.3) is 0 Å². The van der Waals surface area contributed by atoms with Crippen LogP contribution in [0.25, 0.3) is 0 Å². The van der Waals surface area contributed by atoms with Crippen molar-refractivity contribution in [2.75, 3.05) is 7.05 Å². The van der Waals surface area contributed by atoms with Crippen LogP contribution in [-0.4, -0.2) is 63.6 Å². The Hall–Kier alpha value is -2.52. The number of ketones is 1. The number of ether oxygens (including phenoxy) is 1. The van der Waals surface area contributed by atoms with E-state index in [9.17, 15) is 24.9 Å². The van der Waals surface area contributed by atoms with Crippen molar-refractivity contribution in [2.24, 2.45) is 17.8 Å². The molecule has 2 aliphatic carbocycles. The molecule has 7 atom stereocenters. The fourth-order valence-electron chi connectivity index (χ4n) is 5.56. The first-order valence-electron chi connectivity index (χ1n) is 13.8. The van der Waals surface area contributed by atoms with Crippen LogP contribution in [0.5, 0.6) is 0 Å². The predicted molar refractivity (Wildman–Crippen MR) is 144 cm³/mol. The minimum absolute atomic E-state index is 0.0635. The van der Waals surface area contributed by atoms with Gasteiger partial charge in [-0.3, -0.25) is 9.59 Å². The summed E-state index contributed by atoms with van der Waals surface area (Å²) >= 11 is 0. The molecular weight excluding hydrogens is 486 g/mol. The number of unbranched alkanes of at least 4 members (excludes halogenated alkanes) is 1. The number of carboxylic acids is 1. The predicted octanol–water partition coefficient (Wildman–Crippen LogP) is 3.53. The van der Waals surface area contributed by atoms with Crippen LogP contribution < -0.4 is 5.32 Å². The van der Waals surface area contributed by atoms with Crippen LogP contribution in [0.1, 0.15) is 70.0 Å². The second-order valence-corrected chi connectivity index (χ2v) is 10.6. The molecule has 0 spiro atoms. The van der Waals surface area contributed by atoms with Crippen molar-refractivity contribution in [2.45, 2.75) is 88.7 Å². The van der Waals surface area contributed by atoms with Gasteiger partial charge in [-0.05, 0) is 57.2 Å². The van der Waals surface area contributed by atoms with Crippen LogP contribution in [0.4, 0.5) is 0 Å². The average molecular weight is 530 g/mol. The summed E-state index contributed by atoms with van der Waals surface area (Å²) in [7, 11) is 1.84. The van der Waals surface area contributed by atoms with Gasteiger partial charge < -0.3 is 30.5 Å². The Kier molecular flexibility index (Phi) is 11.5. The van der Waals surface area contributed by atoms with Crippen LogP contribution >= 0.6 is 0 Å².